The number of rotatable bonds is 4. The predicted molar refractivity (Wildman–Crippen MR) is 70.4 cm³/mol. The summed E-state index contributed by atoms with van der Waals surface area (Å²) in [6.45, 7) is 3.61. The van der Waals surface area contributed by atoms with Crippen LogP contribution in [0.1, 0.15) is 21.6 Å². The van der Waals surface area contributed by atoms with Gasteiger partial charge in [0, 0.05) is 22.2 Å². The van der Waals surface area contributed by atoms with Gasteiger partial charge in [-0.15, -0.1) is 0 Å². The van der Waals surface area contributed by atoms with E-state index < -0.39 is 11.8 Å². The highest BCUT2D eigenvalue weighted by Gasteiger charge is 2.10. The fraction of sp³-hybridized carbons (Fsp3) is 0.231. The molecule has 100 valence electrons. The number of nitrogens with one attached hydrogen (secondary N) is 2. The van der Waals surface area contributed by atoms with E-state index in [0.29, 0.717) is 5.56 Å². The van der Waals surface area contributed by atoms with Crippen molar-refractivity contribution in [1.29, 1.82) is 0 Å². The molecule has 0 saturated heterocycles. The quantitative estimate of drug-likeness (QED) is 0.714. The van der Waals surface area contributed by atoms with Gasteiger partial charge in [-0.1, -0.05) is 0 Å². The van der Waals surface area contributed by atoms with Gasteiger partial charge in [-0.2, -0.15) is 0 Å². The molecule has 6 nitrogen and oxygen atoms in total. The van der Waals surface area contributed by atoms with Gasteiger partial charge in [0.1, 0.15) is 0 Å². The van der Waals surface area contributed by atoms with E-state index in [9.17, 15) is 9.59 Å². The van der Waals surface area contributed by atoms with E-state index >= 15 is 0 Å². The lowest BCUT2D eigenvalue weighted by molar-refractivity contribution is -0.124. The highest BCUT2D eigenvalue weighted by molar-refractivity contribution is 5.98. The summed E-state index contributed by atoms with van der Waals surface area (Å²) in [5.74, 6) is -1.06. The number of carbonyl (C=O) groups is 2. The molecule has 19 heavy (non-hydrogen) atoms. The number of amides is 2. The smallest absolute Gasteiger partial charge is 0.274 e. The summed E-state index contributed by atoms with van der Waals surface area (Å²) in [5, 5.41) is 0.986. The molecule has 1 aromatic heterocycles. The molecule has 0 atom stereocenters. The molecule has 4 N–H and O–H groups in total. The minimum Gasteiger partial charge on any atom is -0.368 e. The second kappa shape index (κ2) is 5.11. The van der Waals surface area contributed by atoms with E-state index in [1.54, 1.807) is 12.1 Å². The summed E-state index contributed by atoms with van der Waals surface area (Å²) >= 11 is 0. The Labute approximate surface area is 109 Å². The number of nitrogens with two attached hydrogens (primary N) is 1. The van der Waals surface area contributed by atoms with Crippen LogP contribution in [0.15, 0.2) is 18.2 Å². The number of aromatic nitrogens is 1. The van der Waals surface area contributed by atoms with Crippen molar-refractivity contribution in [3.05, 3.63) is 35.0 Å². The van der Waals surface area contributed by atoms with Crippen molar-refractivity contribution >= 4 is 22.7 Å². The van der Waals surface area contributed by atoms with Gasteiger partial charge in [0.15, 0.2) is 6.61 Å². The average molecular weight is 261 g/mol. The lowest BCUT2D eigenvalue weighted by atomic mass is 10.1. The van der Waals surface area contributed by atoms with E-state index in [-0.39, 0.29) is 6.61 Å². The number of aryl methyl sites for hydroxylation is 2. The van der Waals surface area contributed by atoms with Gasteiger partial charge in [0.05, 0.1) is 0 Å². The van der Waals surface area contributed by atoms with Gasteiger partial charge < -0.3 is 10.7 Å². The second-order valence-corrected chi connectivity index (χ2v) is 4.32. The Balaban J connectivity index is 2.18. The van der Waals surface area contributed by atoms with Crippen molar-refractivity contribution in [2.45, 2.75) is 13.8 Å². The molecule has 0 bridgehead atoms. The van der Waals surface area contributed by atoms with Crippen molar-refractivity contribution in [1.82, 2.24) is 10.5 Å². The lowest BCUT2D eigenvalue weighted by Gasteiger charge is -2.04. The normalized spacial score (nSPS) is 10.6. The Bertz CT molecular complexity index is 646. The van der Waals surface area contributed by atoms with Gasteiger partial charge in [-0.25, -0.2) is 5.48 Å². The first-order chi connectivity index (χ1) is 8.99. The third-order valence-electron chi connectivity index (χ3n) is 2.95. The molecule has 0 spiro atoms. The van der Waals surface area contributed by atoms with E-state index in [0.717, 1.165) is 22.2 Å². The summed E-state index contributed by atoms with van der Waals surface area (Å²) in [5.41, 5.74) is 10.7. The fourth-order valence-electron chi connectivity index (χ4n) is 1.83. The van der Waals surface area contributed by atoms with Crippen molar-refractivity contribution in [2.24, 2.45) is 5.73 Å². The zero-order valence-electron chi connectivity index (χ0n) is 10.7. The fourth-order valence-corrected chi connectivity index (χ4v) is 1.83. The highest BCUT2D eigenvalue weighted by atomic mass is 16.7. The predicted octanol–water partition coefficient (Wildman–Crippen LogP) is 0.931. The average Bonchev–Trinajstić information content (AvgIpc) is 2.64. The third-order valence-corrected chi connectivity index (χ3v) is 2.95. The summed E-state index contributed by atoms with van der Waals surface area (Å²) in [6, 6.07) is 5.29. The summed E-state index contributed by atoms with van der Waals surface area (Å²) < 4.78 is 0. The molecule has 0 aliphatic rings. The van der Waals surface area contributed by atoms with Crippen LogP contribution in [0.5, 0.6) is 0 Å². The molecular weight excluding hydrogens is 246 g/mol. The van der Waals surface area contributed by atoms with E-state index in [1.807, 2.05) is 19.9 Å². The van der Waals surface area contributed by atoms with Crippen LogP contribution < -0.4 is 11.2 Å². The zero-order chi connectivity index (χ0) is 14.0. The SMILES string of the molecule is Cc1[nH]c2ccc(C(=O)NOCC(N)=O)cc2c1C. The summed E-state index contributed by atoms with van der Waals surface area (Å²) in [7, 11) is 0. The Hall–Kier alpha value is -2.34. The molecular formula is C13H15N3O3. The maximum atomic E-state index is 11.8. The van der Waals surface area contributed by atoms with Crippen LogP contribution in [0.4, 0.5) is 0 Å². The molecule has 0 aliphatic heterocycles. The van der Waals surface area contributed by atoms with Crippen LogP contribution in [0.25, 0.3) is 10.9 Å². The minimum absolute atomic E-state index is 0.351. The second-order valence-electron chi connectivity index (χ2n) is 4.32. The maximum absolute atomic E-state index is 11.8. The number of primary amides is 1. The molecule has 0 fully saturated rings. The molecule has 6 heteroatoms. The van der Waals surface area contributed by atoms with E-state index in [1.165, 1.54) is 0 Å². The number of hydroxylamine groups is 1. The minimum atomic E-state index is -0.646. The molecule has 2 rings (SSSR count). The largest absolute Gasteiger partial charge is 0.368 e. The highest BCUT2D eigenvalue weighted by Crippen LogP contribution is 2.22. The lowest BCUT2D eigenvalue weighted by Crippen LogP contribution is -2.29. The maximum Gasteiger partial charge on any atom is 0.274 e. The first-order valence-corrected chi connectivity index (χ1v) is 5.78. The van der Waals surface area contributed by atoms with E-state index in [4.69, 9.17) is 5.73 Å². The number of benzene rings is 1. The van der Waals surface area contributed by atoms with Crippen LogP contribution >= 0.6 is 0 Å². The first-order valence-electron chi connectivity index (χ1n) is 5.78. The van der Waals surface area contributed by atoms with Gasteiger partial charge in [0.25, 0.3) is 5.91 Å². The van der Waals surface area contributed by atoms with Crippen molar-refractivity contribution in [3.8, 4) is 0 Å². The van der Waals surface area contributed by atoms with Crippen molar-refractivity contribution in [2.75, 3.05) is 6.61 Å². The standard InChI is InChI=1S/C13H15N3O3/c1-7-8(2)15-11-4-3-9(5-10(7)11)13(18)16-19-6-12(14)17/h3-5,15H,6H2,1-2H3,(H2,14,17)(H,16,18). The molecule has 1 heterocycles. The Morgan fingerprint density at radius 1 is 1.37 bits per heavy atom. The zero-order valence-corrected chi connectivity index (χ0v) is 10.7. The number of carbonyl (C=O) groups excluding carboxylic acids is 2. The van der Waals surface area contributed by atoms with Gasteiger partial charge in [-0.05, 0) is 37.6 Å². The van der Waals surface area contributed by atoms with Gasteiger partial charge in [-0.3, -0.25) is 14.4 Å². The Morgan fingerprint density at radius 2 is 2.11 bits per heavy atom. The molecule has 0 unspecified atom stereocenters. The number of hydrogen-bond acceptors (Lipinski definition) is 3. The van der Waals surface area contributed by atoms with Crippen LogP contribution in [0.2, 0.25) is 0 Å². The topological polar surface area (TPSA) is 97.2 Å². The van der Waals surface area contributed by atoms with Crippen LogP contribution in [-0.2, 0) is 9.63 Å². The molecule has 0 saturated carbocycles. The molecule has 1 aromatic carbocycles. The van der Waals surface area contributed by atoms with Gasteiger partial charge >= 0.3 is 0 Å². The number of fused-ring (bicyclic) bond motifs is 1. The molecule has 0 aliphatic carbocycles. The monoisotopic (exact) mass is 261 g/mol. The number of H-pyrrole nitrogens is 1. The number of aromatic amines is 1. The molecule has 0 radical (unpaired) electrons. The Kier molecular flexibility index (Phi) is 3.52. The molecule has 2 amide bonds. The number of hydrogen-bond donors (Lipinski definition) is 3. The summed E-state index contributed by atoms with van der Waals surface area (Å²) in [6.07, 6.45) is 0. The van der Waals surface area contributed by atoms with Crippen LogP contribution in [0.3, 0.4) is 0 Å². The molecule has 2 aromatic rings. The van der Waals surface area contributed by atoms with Gasteiger partial charge in [0.2, 0.25) is 5.91 Å². The third kappa shape index (κ3) is 2.74. The summed E-state index contributed by atoms with van der Waals surface area (Å²) in [4.78, 5) is 30.2. The first kappa shape index (κ1) is 13.1. The van der Waals surface area contributed by atoms with Crippen LogP contribution in [0, 0.1) is 13.8 Å². The Morgan fingerprint density at radius 3 is 2.79 bits per heavy atom. The van der Waals surface area contributed by atoms with Crippen LogP contribution in [-0.4, -0.2) is 23.4 Å². The van der Waals surface area contributed by atoms with E-state index in [2.05, 4.69) is 15.3 Å². The van der Waals surface area contributed by atoms with Crippen molar-refractivity contribution < 1.29 is 14.4 Å². The van der Waals surface area contributed by atoms with Crippen molar-refractivity contribution in [3.63, 3.8) is 0 Å².